The zero-order valence-corrected chi connectivity index (χ0v) is 10.8. The third-order valence-electron chi connectivity index (χ3n) is 3.24. The van der Waals surface area contributed by atoms with Gasteiger partial charge >= 0.3 is 0 Å². The number of fused-ring (bicyclic) bond motifs is 1. The Kier molecular flexibility index (Phi) is 2.71. The highest BCUT2D eigenvalue weighted by atomic mass is 16.5. The Hall–Kier alpha value is -2.75. The van der Waals surface area contributed by atoms with Gasteiger partial charge in [0.1, 0.15) is 22.8 Å². The van der Waals surface area contributed by atoms with Crippen LogP contribution in [0.1, 0.15) is 21.5 Å². The number of phenols is 2. The fourth-order valence-corrected chi connectivity index (χ4v) is 2.15. The molecule has 20 heavy (non-hydrogen) atoms. The molecule has 0 spiro atoms. The van der Waals surface area contributed by atoms with E-state index in [0.717, 1.165) is 11.6 Å². The molecular formula is C16H12O4. The highest BCUT2D eigenvalue weighted by Crippen LogP contribution is 2.44. The van der Waals surface area contributed by atoms with Crippen LogP contribution in [0.3, 0.4) is 0 Å². The third kappa shape index (κ3) is 1.82. The lowest BCUT2D eigenvalue weighted by atomic mass is 10.0. The van der Waals surface area contributed by atoms with E-state index in [1.165, 1.54) is 0 Å². The van der Waals surface area contributed by atoms with Crippen molar-refractivity contribution in [1.29, 1.82) is 0 Å². The zero-order chi connectivity index (χ0) is 14.3. The summed E-state index contributed by atoms with van der Waals surface area (Å²) >= 11 is 0. The fourth-order valence-electron chi connectivity index (χ4n) is 2.15. The molecule has 3 rings (SSSR count). The smallest absolute Gasteiger partial charge is 0.235 e. The van der Waals surface area contributed by atoms with Crippen LogP contribution in [0.15, 0.2) is 42.2 Å². The Labute approximate surface area is 115 Å². The van der Waals surface area contributed by atoms with Crippen molar-refractivity contribution in [2.75, 3.05) is 0 Å². The Morgan fingerprint density at radius 3 is 2.50 bits per heavy atom. The number of benzene rings is 2. The first-order chi connectivity index (χ1) is 9.58. The van der Waals surface area contributed by atoms with E-state index in [9.17, 15) is 15.0 Å². The summed E-state index contributed by atoms with van der Waals surface area (Å²) < 4.78 is 5.51. The van der Waals surface area contributed by atoms with Crippen LogP contribution in [0.25, 0.3) is 6.08 Å². The topological polar surface area (TPSA) is 66.8 Å². The van der Waals surface area contributed by atoms with Crippen molar-refractivity contribution in [2.45, 2.75) is 6.92 Å². The molecule has 4 heteroatoms. The van der Waals surface area contributed by atoms with Gasteiger partial charge in [0.25, 0.3) is 0 Å². The maximum absolute atomic E-state index is 12.3. The summed E-state index contributed by atoms with van der Waals surface area (Å²) in [6, 6.07) is 10.4. The molecule has 2 aromatic rings. The average Bonchev–Trinajstić information content (AvgIpc) is 2.75. The number of Topliss-reactive ketones (excluding diaryl/α,β-unsaturated/α-hetero) is 1. The third-order valence-corrected chi connectivity index (χ3v) is 3.24. The summed E-state index contributed by atoms with van der Waals surface area (Å²) in [4.78, 5) is 12.3. The van der Waals surface area contributed by atoms with Gasteiger partial charge in [-0.2, -0.15) is 0 Å². The monoisotopic (exact) mass is 268 g/mol. The lowest BCUT2D eigenvalue weighted by Crippen LogP contribution is -1.98. The number of allylic oxidation sites excluding steroid dienone is 1. The van der Waals surface area contributed by atoms with Gasteiger partial charge in [-0.25, -0.2) is 0 Å². The van der Waals surface area contributed by atoms with Gasteiger partial charge in [-0.1, -0.05) is 30.3 Å². The minimum atomic E-state index is -0.385. The molecule has 0 amide bonds. The van der Waals surface area contributed by atoms with E-state index in [4.69, 9.17) is 4.74 Å². The molecule has 0 saturated carbocycles. The van der Waals surface area contributed by atoms with Crippen LogP contribution in [-0.4, -0.2) is 16.0 Å². The summed E-state index contributed by atoms with van der Waals surface area (Å²) in [5, 5.41) is 19.5. The van der Waals surface area contributed by atoms with Crippen molar-refractivity contribution < 1.29 is 19.7 Å². The second-order valence-electron chi connectivity index (χ2n) is 4.59. The highest BCUT2D eigenvalue weighted by Gasteiger charge is 2.33. The molecule has 2 aromatic carbocycles. The summed E-state index contributed by atoms with van der Waals surface area (Å²) in [7, 11) is 0. The Morgan fingerprint density at radius 2 is 1.80 bits per heavy atom. The molecule has 1 heterocycles. The lowest BCUT2D eigenvalue weighted by Gasteiger charge is -2.05. The maximum atomic E-state index is 12.3. The summed E-state index contributed by atoms with van der Waals surface area (Å²) in [6.07, 6.45) is 1.61. The van der Waals surface area contributed by atoms with Gasteiger partial charge in [-0.3, -0.25) is 4.79 Å². The molecule has 0 atom stereocenters. The van der Waals surface area contributed by atoms with E-state index in [1.807, 2.05) is 30.3 Å². The van der Waals surface area contributed by atoms with Crippen molar-refractivity contribution in [1.82, 2.24) is 0 Å². The van der Waals surface area contributed by atoms with Crippen LogP contribution in [0.5, 0.6) is 17.2 Å². The SMILES string of the molecule is Cc1c(O)cc(O)c2c1O/C(=C\c1ccccc1)C2=O. The molecule has 4 nitrogen and oxygen atoms in total. The Balaban J connectivity index is 2.10. The predicted molar refractivity (Wildman–Crippen MR) is 73.9 cm³/mol. The number of hydrogen-bond donors (Lipinski definition) is 2. The molecule has 0 bridgehead atoms. The minimum absolute atomic E-state index is 0.0995. The van der Waals surface area contributed by atoms with Crippen LogP contribution in [0.4, 0.5) is 0 Å². The number of rotatable bonds is 1. The molecule has 0 saturated heterocycles. The van der Waals surface area contributed by atoms with E-state index < -0.39 is 0 Å². The van der Waals surface area contributed by atoms with Gasteiger partial charge in [-0.05, 0) is 18.6 Å². The van der Waals surface area contributed by atoms with Crippen LogP contribution in [0.2, 0.25) is 0 Å². The van der Waals surface area contributed by atoms with E-state index >= 15 is 0 Å². The van der Waals surface area contributed by atoms with Gasteiger partial charge in [0.15, 0.2) is 5.76 Å². The van der Waals surface area contributed by atoms with Gasteiger partial charge in [0.05, 0.1) is 0 Å². The molecular weight excluding hydrogens is 256 g/mol. The number of carbonyl (C=O) groups excluding carboxylic acids is 1. The summed E-state index contributed by atoms with van der Waals surface area (Å²) in [6.45, 7) is 1.63. The van der Waals surface area contributed by atoms with Gasteiger partial charge < -0.3 is 14.9 Å². The first-order valence-electron chi connectivity index (χ1n) is 6.12. The number of aromatic hydroxyl groups is 2. The highest BCUT2D eigenvalue weighted by molar-refractivity contribution is 6.16. The molecule has 0 fully saturated rings. The van der Waals surface area contributed by atoms with Crippen LogP contribution in [0, 0.1) is 6.92 Å². The van der Waals surface area contributed by atoms with Crippen molar-refractivity contribution in [3.05, 3.63) is 58.8 Å². The number of hydrogen-bond acceptors (Lipinski definition) is 4. The van der Waals surface area contributed by atoms with E-state index in [1.54, 1.807) is 13.0 Å². The zero-order valence-electron chi connectivity index (χ0n) is 10.8. The molecule has 0 unspecified atom stereocenters. The number of ketones is 1. The van der Waals surface area contributed by atoms with Gasteiger partial charge in [-0.15, -0.1) is 0 Å². The quantitative estimate of drug-likeness (QED) is 0.780. The largest absolute Gasteiger partial charge is 0.507 e. The average molecular weight is 268 g/mol. The van der Waals surface area contributed by atoms with Gasteiger partial charge in [0.2, 0.25) is 5.78 Å². The second kappa shape index (κ2) is 4.42. The van der Waals surface area contributed by atoms with E-state index in [-0.39, 0.29) is 34.4 Å². The first-order valence-corrected chi connectivity index (χ1v) is 6.12. The minimum Gasteiger partial charge on any atom is -0.507 e. The fraction of sp³-hybridized carbons (Fsp3) is 0.0625. The summed E-state index contributed by atoms with van der Waals surface area (Å²) in [5.41, 5.74) is 1.36. The van der Waals surface area contributed by atoms with Crippen LogP contribution < -0.4 is 4.74 Å². The molecule has 0 radical (unpaired) electrons. The first kappa shape index (κ1) is 12.3. The van der Waals surface area contributed by atoms with E-state index in [2.05, 4.69) is 0 Å². The Morgan fingerprint density at radius 1 is 1.10 bits per heavy atom. The molecule has 0 aromatic heterocycles. The molecule has 1 aliphatic heterocycles. The molecule has 100 valence electrons. The molecule has 1 aliphatic rings. The number of phenolic OH excluding ortho intramolecular Hbond substituents is 2. The van der Waals surface area contributed by atoms with Crippen molar-refractivity contribution in [3.63, 3.8) is 0 Å². The number of carbonyl (C=O) groups is 1. The van der Waals surface area contributed by atoms with E-state index in [0.29, 0.717) is 5.56 Å². The van der Waals surface area contributed by atoms with Crippen molar-refractivity contribution in [2.24, 2.45) is 0 Å². The summed E-state index contributed by atoms with van der Waals surface area (Å²) in [5.74, 6) is -0.408. The molecule has 0 aliphatic carbocycles. The normalized spacial score (nSPS) is 15.2. The number of ether oxygens (including phenoxy) is 1. The second-order valence-corrected chi connectivity index (χ2v) is 4.59. The van der Waals surface area contributed by atoms with Crippen molar-refractivity contribution in [3.8, 4) is 17.2 Å². The van der Waals surface area contributed by atoms with Gasteiger partial charge in [0, 0.05) is 11.6 Å². The predicted octanol–water partition coefficient (Wildman–Crippen LogP) is 3.02. The lowest BCUT2D eigenvalue weighted by molar-refractivity contribution is 0.101. The Bertz CT molecular complexity index is 730. The maximum Gasteiger partial charge on any atom is 0.235 e. The van der Waals surface area contributed by atoms with Crippen molar-refractivity contribution >= 4 is 11.9 Å². The standard InChI is InChI=1S/C16H12O4/c1-9-11(17)8-12(18)14-15(19)13(20-16(9)14)7-10-5-3-2-4-6-10/h2-8,17-18H,1H3/b13-7-. The van der Waals surface area contributed by atoms with Crippen LogP contribution in [-0.2, 0) is 0 Å². The van der Waals surface area contributed by atoms with Crippen LogP contribution >= 0.6 is 0 Å². The molecule has 2 N–H and O–H groups in total.